The summed E-state index contributed by atoms with van der Waals surface area (Å²) in [6.07, 6.45) is 2.51. The maximum Gasteiger partial charge on any atom is 0.238 e. The van der Waals surface area contributed by atoms with E-state index in [1.165, 1.54) is 12.4 Å². The molecule has 0 spiro atoms. The Morgan fingerprint density at radius 3 is 2.61 bits per heavy atom. The van der Waals surface area contributed by atoms with E-state index < -0.39 is 11.6 Å². The molecule has 2 aromatic rings. The van der Waals surface area contributed by atoms with Crippen LogP contribution in [-0.4, -0.2) is 15.0 Å². The van der Waals surface area contributed by atoms with Gasteiger partial charge in [-0.1, -0.05) is 12.2 Å². The Morgan fingerprint density at radius 1 is 1.22 bits per heavy atom. The molecule has 2 N–H and O–H groups in total. The van der Waals surface area contributed by atoms with Crippen molar-refractivity contribution >= 4 is 17.2 Å². The molecule has 92 valence electrons. The number of nitrogens with zero attached hydrogens (tertiary/aromatic N) is 2. The SMILES string of the molecule is NC(=S)c1cnc(Oc2cc(F)ccc2F)cn1. The lowest BCUT2D eigenvalue weighted by atomic mass is 10.3. The maximum atomic E-state index is 13.3. The highest BCUT2D eigenvalue weighted by atomic mass is 32.1. The van der Waals surface area contributed by atoms with Gasteiger partial charge in [0.15, 0.2) is 11.6 Å². The van der Waals surface area contributed by atoms with Crippen LogP contribution in [0.5, 0.6) is 11.6 Å². The average molecular weight is 267 g/mol. The molecule has 0 amide bonds. The summed E-state index contributed by atoms with van der Waals surface area (Å²) in [6, 6.07) is 2.86. The highest BCUT2D eigenvalue weighted by molar-refractivity contribution is 7.80. The summed E-state index contributed by atoms with van der Waals surface area (Å²) < 4.78 is 31.2. The number of hydrogen-bond acceptors (Lipinski definition) is 4. The Kier molecular flexibility index (Phi) is 3.42. The third-order valence-electron chi connectivity index (χ3n) is 1.99. The van der Waals surface area contributed by atoms with Crippen LogP contribution in [0.3, 0.4) is 0 Å². The average Bonchev–Trinajstić information content (AvgIpc) is 2.34. The third-order valence-corrected chi connectivity index (χ3v) is 2.20. The molecule has 0 radical (unpaired) electrons. The Hall–Kier alpha value is -2.15. The first kappa shape index (κ1) is 12.3. The summed E-state index contributed by atoms with van der Waals surface area (Å²) in [4.78, 5) is 7.77. The van der Waals surface area contributed by atoms with E-state index in [1.54, 1.807) is 0 Å². The highest BCUT2D eigenvalue weighted by Gasteiger charge is 2.08. The number of ether oxygens (including phenoxy) is 1. The van der Waals surface area contributed by atoms with Gasteiger partial charge in [0.1, 0.15) is 16.5 Å². The van der Waals surface area contributed by atoms with Gasteiger partial charge in [-0.05, 0) is 12.1 Å². The standard InChI is InChI=1S/C11H7F2N3OS/c12-6-1-2-7(13)9(3-6)17-10-5-15-8(4-16-10)11(14)18/h1-5H,(H2,14,18). The van der Waals surface area contributed by atoms with Crippen LogP contribution < -0.4 is 10.5 Å². The first-order chi connectivity index (χ1) is 8.56. The third kappa shape index (κ3) is 2.75. The lowest BCUT2D eigenvalue weighted by molar-refractivity contribution is 0.420. The first-order valence-corrected chi connectivity index (χ1v) is 5.22. The zero-order valence-corrected chi connectivity index (χ0v) is 9.75. The van der Waals surface area contributed by atoms with Gasteiger partial charge >= 0.3 is 0 Å². The summed E-state index contributed by atoms with van der Waals surface area (Å²) >= 11 is 4.70. The number of halogens is 2. The van der Waals surface area contributed by atoms with Crippen molar-refractivity contribution in [1.29, 1.82) is 0 Å². The van der Waals surface area contributed by atoms with E-state index in [4.69, 9.17) is 22.7 Å². The summed E-state index contributed by atoms with van der Waals surface area (Å²) in [6.45, 7) is 0. The molecule has 7 heteroatoms. The van der Waals surface area contributed by atoms with Crippen LogP contribution >= 0.6 is 12.2 Å². The van der Waals surface area contributed by atoms with E-state index in [2.05, 4.69) is 9.97 Å². The van der Waals surface area contributed by atoms with Crippen molar-refractivity contribution in [3.05, 3.63) is 47.9 Å². The van der Waals surface area contributed by atoms with Crippen LogP contribution in [0.15, 0.2) is 30.6 Å². The molecule has 0 fully saturated rings. The molecule has 0 atom stereocenters. The number of nitrogens with two attached hydrogens (primary N) is 1. The zero-order chi connectivity index (χ0) is 13.1. The molecule has 0 aliphatic carbocycles. The fraction of sp³-hybridized carbons (Fsp3) is 0. The molecule has 0 aliphatic heterocycles. The van der Waals surface area contributed by atoms with Crippen molar-refractivity contribution in [2.45, 2.75) is 0 Å². The van der Waals surface area contributed by atoms with Crippen LogP contribution in [0.2, 0.25) is 0 Å². The van der Waals surface area contributed by atoms with Crippen LogP contribution in [0.4, 0.5) is 8.78 Å². The molecule has 0 unspecified atom stereocenters. The second-order valence-corrected chi connectivity index (χ2v) is 3.72. The van der Waals surface area contributed by atoms with Gasteiger partial charge in [0.2, 0.25) is 5.88 Å². The Bertz CT molecular complexity index is 589. The normalized spacial score (nSPS) is 10.1. The minimum Gasteiger partial charge on any atom is -0.434 e. The molecule has 0 aliphatic rings. The predicted octanol–water partition coefficient (Wildman–Crippen LogP) is 2.18. The monoisotopic (exact) mass is 267 g/mol. The molecule has 4 nitrogen and oxygen atoms in total. The topological polar surface area (TPSA) is 61.0 Å². The van der Waals surface area contributed by atoms with Crippen molar-refractivity contribution in [1.82, 2.24) is 9.97 Å². The summed E-state index contributed by atoms with van der Waals surface area (Å²) in [5.41, 5.74) is 5.66. The van der Waals surface area contributed by atoms with Crippen molar-refractivity contribution in [2.75, 3.05) is 0 Å². The predicted molar refractivity (Wildman–Crippen MR) is 64.4 cm³/mol. The lowest BCUT2D eigenvalue weighted by Crippen LogP contribution is -2.11. The summed E-state index contributed by atoms with van der Waals surface area (Å²) in [5, 5.41) is 0. The van der Waals surface area contributed by atoms with E-state index >= 15 is 0 Å². The van der Waals surface area contributed by atoms with Crippen molar-refractivity contribution in [3.8, 4) is 11.6 Å². The van der Waals surface area contributed by atoms with Gasteiger partial charge in [0.25, 0.3) is 0 Å². The van der Waals surface area contributed by atoms with E-state index in [0.717, 1.165) is 18.2 Å². The molecule has 0 saturated carbocycles. The maximum absolute atomic E-state index is 13.3. The van der Waals surface area contributed by atoms with Crippen molar-refractivity contribution < 1.29 is 13.5 Å². The molecule has 2 rings (SSSR count). The molecule has 18 heavy (non-hydrogen) atoms. The van der Waals surface area contributed by atoms with Gasteiger partial charge in [0.05, 0.1) is 12.4 Å². The van der Waals surface area contributed by atoms with Crippen molar-refractivity contribution in [2.24, 2.45) is 5.73 Å². The number of hydrogen-bond donors (Lipinski definition) is 1. The largest absolute Gasteiger partial charge is 0.434 e. The van der Waals surface area contributed by atoms with Crippen LogP contribution in [-0.2, 0) is 0 Å². The first-order valence-electron chi connectivity index (χ1n) is 4.81. The van der Waals surface area contributed by atoms with Gasteiger partial charge < -0.3 is 10.5 Å². The second-order valence-electron chi connectivity index (χ2n) is 3.28. The van der Waals surface area contributed by atoms with Gasteiger partial charge in [-0.25, -0.2) is 18.7 Å². The van der Waals surface area contributed by atoms with Gasteiger partial charge in [-0.15, -0.1) is 0 Å². The van der Waals surface area contributed by atoms with Gasteiger partial charge in [-0.2, -0.15) is 0 Å². The lowest BCUT2D eigenvalue weighted by Gasteiger charge is -2.05. The van der Waals surface area contributed by atoms with Crippen LogP contribution in [0.1, 0.15) is 5.69 Å². The Balaban J connectivity index is 2.23. The zero-order valence-electron chi connectivity index (χ0n) is 8.93. The minimum absolute atomic E-state index is 0.0134. The number of rotatable bonds is 3. The number of benzene rings is 1. The van der Waals surface area contributed by atoms with Crippen molar-refractivity contribution in [3.63, 3.8) is 0 Å². The molecule has 1 aromatic heterocycles. The molecule has 1 heterocycles. The smallest absolute Gasteiger partial charge is 0.238 e. The summed E-state index contributed by atoms with van der Waals surface area (Å²) in [7, 11) is 0. The minimum atomic E-state index is -0.698. The molecule has 1 aromatic carbocycles. The van der Waals surface area contributed by atoms with Gasteiger partial charge in [-0.3, -0.25) is 0 Å². The van der Waals surface area contributed by atoms with Crippen LogP contribution in [0, 0.1) is 11.6 Å². The quantitative estimate of drug-likeness (QED) is 0.864. The van der Waals surface area contributed by atoms with E-state index in [0.29, 0.717) is 5.69 Å². The second kappa shape index (κ2) is 5.01. The van der Waals surface area contributed by atoms with Crippen LogP contribution in [0.25, 0.3) is 0 Å². The number of aromatic nitrogens is 2. The molecular formula is C11H7F2N3OS. The fourth-order valence-electron chi connectivity index (χ4n) is 1.16. The summed E-state index contributed by atoms with van der Waals surface area (Å²) in [5.74, 6) is -1.57. The highest BCUT2D eigenvalue weighted by Crippen LogP contribution is 2.23. The van der Waals surface area contributed by atoms with Gasteiger partial charge in [0, 0.05) is 6.07 Å². The molecule has 0 saturated heterocycles. The Morgan fingerprint density at radius 2 is 2.00 bits per heavy atom. The fourth-order valence-corrected chi connectivity index (χ4v) is 1.27. The van der Waals surface area contributed by atoms with E-state index in [-0.39, 0.29) is 16.6 Å². The molecular weight excluding hydrogens is 260 g/mol. The van der Waals surface area contributed by atoms with E-state index in [9.17, 15) is 8.78 Å². The Labute approximate surface area is 106 Å². The van der Waals surface area contributed by atoms with E-state index in [1.807, 2.05) is 0 Å². The number of thiocarbonyl (C=S) groups is 1. The molecule has 0 bridgehead atoms.